The highest BCUT2D eigenvalue weighted by Gasteiger charge is 2.75. The van der Waals surface area contributed by atoms with Crippen LogP contribution in [0.2, 0.25) is 0 Å². The Labute approximate surface area is 121 Å². The Morgan fingerprint density at radius 3 is 2.70 bits per heavy atom. The van der Waals surface area contributed by atoms with E-state index in [2.05, 4.69) is 9.98 Å². The molecule has 0 amide bonds. The maximum atomic E-state index is 12.4. The first-order valence-corrected chi connectivity index (χ1v) is 7.67. The molecule has 3 aliphatic heterocycles. The van der Waals surface area contributed by atoms with E-state index in [0.717, 1.165) is 17.7 Å². The van der Waals surface area contributed by atoms with E-state index in [-0.39, 0.29) is 18.2 Å². The average Bonchev–Trinajstić information content (AvgIpc) is 3.11. The highest BCUT2D eigenvalue weighted by Crippen LogP contribution is 2.64. The zero-order valence-corrected chi connectivity index (χ0v) is 12.5. The van der Waals surface area contributed by atoms with Crippen LogP contribution in [0, 0.1) is 17.8 Å². The van der Waals surface area contributed by atoms with Crippen LogP contribution in [0.1, 0.15) is 31.6 Å². The number of thiazole rings is 1. The van der Waals surface area contributed by atoms with Crippen LogP contribution in [-0.4, -0.2) is 29.1 Å². The van der Waals surface area contributed by atoms with Crippen LogP contribution in [-0.2, 0) is 14.3 Å². The van der Waals surface area contributed by atoms with Crippen molar-refractivity contribution in [2.75, 3.05) is 0 Å². The Morgan fingerprint density at radius 2 is 2.05 bits per heavy atom. The van der Waals surface area contributed by atoms with Crippen molar-refractivity contribution in [2.24, 2.45) is 15.8 Å². The number of cyclic esters (lactones) is 1. The lowest BCUT2D eigenvalue weighted by molar-refractivity contribution is -0.146. The van der Waals surface area contributed by atoms with Gasteiger partial charge in [-0.15, -0.1) is 11.3 Å². The molecule has 0 spiro atoms. The quantitative estimate of drug-likeness (QED) is 0.746. The standard InChI is InChI=1S/C14H16N2O3S/c1-7-6-15-12(20-7)16-10-13(2)8-4-5-9(18-8)14(13,3)11(17)19-10/h6,8-9H,4-5H2,1-3H3/b16-10-/t8-,9+,13+,14-/m0/s1. The zero-order valence-electron chi connectivity index (χ0n) is 11.7. The van der Waals surface area contributed by atoms with Gasteiger partial charge in [-0.2, -0.15) is 4.99 Å². The van der Waals surface area contributed by atoms with E-state index in [1.54, 1.807) is 6.20 Å². The van der Waals surface area contributed by atoms with Gasteiger partial charge in [-0.05, 0) is 33.6 Å². The highest BCUT2D eigenvalue weighted by molar-refractivity contribution is 7.15. The van der Waals surface area contributed by atoms with Crippen LogP contribution in [0.15, 0.2) is 11.2 Å². The Hall–Kier alpha value is -1.27. The number of ether oxygens (including phenoxy) is 2. The van der Waals surface area contributed by atoms with Gasteiger partial charge < -0.3 is 9.47 Å². The van der Waals surface area contributed by atoms with Crippen molar-refractivity contribution in [3.05, 3.63) is 11.1 Å². The number of carbonyl (C=O) groups is 1. The van der Waals surface area contributed by atoms with Gasteiger partial charge >= 0.3 is 5.97 Å². The molecule has 0 aromatic carbocycles. The van der Waals surface area contributed by atoms with Gasteiger partial charge in [-0.1, -0.05) is 0 Å². The highest BCUT2D eigenvalue weighted by atomic mass is 32.1. The smallest absolute Gasteiger partial charge is 0.322 e. The molecule has 3 saturated heterocycles. The monoisotopic (exact) mass is 292 g/mol. The van der Waals surface area contributed by atoms with Crippen LogP contribution in [0.25, 0.3) is 0 Å². The molecule has 106 valence electrons. The molecule has 5 nitrogen and oxygen atoms in total. The minimum Gasteiger partial charge on any atom is -0.410 e. The molecule has 3 fully saturated rings. The van der Waals surface area contributed by atoms with E-state index in [9.17, 15) is 4.79 Å². The number of rotatable bonds is 1. The Morgan fingerprint density at radius 1 is 1.35 bits per heavy atom. The number of esters is 1. The summed E-state index contributed by atoms with van der Waals surface area (Å²) in [4.78, 5) is 22.2. The Bertz CT molecular complexity index is 640. The van der Waals surface area contributed by atoms with E-state index < -0.39 is 10.8 Å². The number of fused-ring (bicyclic) bond motifs is 5. The lowest BCUT2D eigenvalue weighted by atomic mass is 9.59. The fourth-order valence-corrected chi connectivity index (χ4v) is 4.41. The molecular formula is C14H16N2O3S. The minimum atomic E-state index is -0.610. The van der Waals surface area contributed by atoms with Gasteiger partial charge in [-0.25, -0.2) is 4.98 Å². The van der Waals surface area contributed by atoms with Crippen LogP contribution >= 0.6 is 11.3 Å². The van der Waals surface area contributed by atoms with E-state index >= 15 is 0 Å². The third-order valence-electron chi connectivity index (χ3n) is 5.25. The number of hydrogen-bond acceptors (Lipinski definition) is 6. The predicted octanol–water partition coefficient (Wildman–Crippen LogP) is 2.61. The van der Waals surface area contributed by atoms with Gasteiger partial charge in [0.1, 0.15) is 5.41 Å². The summed E-state index contributed by atoms with van der Waals surface area (Å²) in [5.74, 6) is 0.269. The molecule has 0 unspecified atom stereocenters. The van der Waals surface area contributed by atoms with Crippen molar-refractivity contribution in [1.82, 2.24) is 4.98 Å². The molecule has 0 aliphatic carbocycles. The summed E-state index contributed by atoms with van der Waals surface area (Å²) in [7, 11) is 0. The lowest BCUT2D eigenvalue weighted by Crippen LogP contribution is -2.48. The predicted molar refractivity (Wildman–Crippen MR) is 74.1 cm³/mol. The summed E-state index contributed by atoms with van der Waals surface area (Å²) in [6.45, 7) is 5.98. The Kier molecular flexibility index (Phi) is 2.29. The van der Waals surface area contributed by atoms with E-state index in [0.29, 0.717) is 11.0 Å². The fraction of sp³-hybridized carbons (Fsp3) is 0.643. The van der Waals surface area contributed by atoms with Gasteiger partial charge in [0.25, 0.3) is 0 Å². The van der Waals surface area contributed by atoms with Gasteiger partial charge in [-0.3, -0.25) is 4.79 Å². The summed E-state index contributed by atoms with van der Waals surface area (Å²) in [5.41, 5.74) is -1.08. The molecule has 20 heavy (non-hydrogen) atoms. The van der Waals surface area contributed by atoms with Gasteiger partial charge in [0.05, 0.1) is 17.6 Å². The normalized spacial score (nSPS) is 44.1. The van der Waals surface area contributed by atoms with Crippen LogP contribution in [0.3, 0.4) is 0 Å². The number of carbonyl (C=O) groups excluding carboxylic acids is 1. The molecule has 4 heterocycles. The Balaban J connectivity index is 1.83. The molecule has 0 saturated carbocycles. The van der Waals surface area contributed by atoms with Crippen molar-refractivity contribution in [2.45, 2.75) is 45.8 Å². The number of aromatic nitrogens is 1. The molecule has 1 aromatic heterocycles. The summed E-state index contributed by atoms with van der Waals surface area (Å²) in [6.07, 6.45) is 3.64. The molecule has 2 bridgehead atoms. The third-order valence-corrected chi connectivity index (χ3v) is 6.06. The molecule has 1 aromatic rings. The van der Waals surface area contributed by atoms with Crippen molar-refractivity contribution in [1.29, 1.82) is 0 Å². The summed E-state index contributed by atoms with van der Waals surface area (Å²) < 4.78 is 11.5. The second-order valence-corrected chi connectivity index (χ2v) is 7.37. The number of nitrogens with zero attached hydrogens (tertiary/aromatic N) is 2. The topological polar surface area (TPSA) is 60.8 Å². The lowest BCUT2D eigenvalue weighted by Gasteiger charge is -2.36. The fourth-order valence-electron chi connectivity index (χ4n) is 3.78. The molecule has 6 heteroatoms. The van der Waals surface area contributed by atoms with E-state index in [4.69, 9.17) is 9.47 Å². The number of hydrogen-bond donors (Lipinski definition) is 0. The SMILES string of the molecule is Cc1cnc(/N=C2\OC(=O)[C@]3(C)[C@H]4CC[C@H](O4)[C@]23C)s1. The molecule has 4 rings (SSSR count). The third kappa shape index (κ3) is 1.24. The molecular weight excluding hydrogens is 276 g/mol. The minimum absolute atomic E-state index is 0.0174. The molecule has 4 atom stereocenters. The van der Waals surface area contributed by atoms with Crippen molar-refractivity contribution in [3.8, 4) is 0 Å². The number of aryl methyl sites for hydroxylation is 1. The van der Waals surface area contributed by atoms with Crippen molar-refractivity contribution < 1.29 is 14.3 Å². The van der Waals surface area contributed by atoms with Gasteiger partial charge in [0, 0.05) is 11.1 Å². The van der Waals surface area contributed by atoms with Crippen LogP contribution in [0.5, 0.6) is 0 Å². The summed E-state index contributed by atoms with van der Waals surface area (Å²) >= 11 is 1.50. The first-order valence-electron chi connectivity index (χ1n) is 6.85. The van der Waals surface area contributed by atoms with E-state index in [1.807, 2.05) is 20.8 Å². The molecule has 0 radical (unpaired) electrons. The van der Waals surface area contributed by atoms with Crippen molar-refractivity contribution >= 4 is 28.3 Å². The average molecular weight is 292 g/mol. The van der Waals surface area contributed by atoms with Gasteiger partial charge in [0.15, 0.2) is 0 Å². The first kappa shape index (κ1) is 12.5. The number of aliphatic imine (C=N–C) groups is 1. The molecule has 3 aliphatic rings. The first-order chi connectivity index (χ1) is 9.46. The van der Waals surface area contributed by atoms with Gasteiger partial charge in [0.2, 0.25) is 11.0 Å². The zero-order chi connectivity index (χ0) is 14.1. The summed E-state index contributed by atoms with van der Waals surface area (Å²) in [5, 5.41) is 0.638. The van der Waals surface area contributed by atoms with E-state index in [1.165, 1.54) is 11.3 Å². The maximum absolute atomic E-state index is 12.4. The maximum Gasteiger partial charge on any atom is 0.322 e. The molecule has 0 N–H and O–H groups in total. The van der Waals surface area contributed by atoms with Crippen LogP contribution < -0.4 is 0 Å². The second kappa shape index (κ2) is 3.68. The summed E-state index contributed by atoms with van der Waals surface area (Å²) in [6, 6.07) is 0. The van der Waals surface area contributed by atoms with Crippen molar-refractivity contribution in [3.63, 3.8) is 0 Å². The largest absolute Gasteiger partial charge is 0.410 e. The second-order valence-electron chi connectivity index (χ2n) is 6.16. The van der Waals surface area contributed by atoms with Crippen LogP contribution in [0.4, 0.5) is 5.13 Å².